The monoisotopic (exact) mass is 586 g/mol. The van der Waals surface area contributed by atoms with Crippen LogP contribution in [0, 0.1) is 13.8 Å². The highest BCUT2D eigenvalue weighted by atomic mass is 16.5. The normalized spacial score (nSPS) is 11.2. The Balaban J connectivity index is 1.33. The van der Waals surface area contributed by atoms with E-state index in [1.165, 1.54) is 12.6 Å². The Morgan fingerprint density at radius 3 is 1.93 bits per heavy atom. The van der Waals surface area contributed by atoms with Gasteiger partial charge in [-0.3, -0.25) is 13.9 Å². The molecule has 0 aliphatic heterocycles. The Hall–Kier alpha value is -5.37. The average molecular weight is 587 g/mol. The van der Waals surface area contributed by atoms with Crippen molar-refractivity contribution in [2.45, 2.75) is 40.2 Å². The Morgan fingerprint density at radius 1 is 0.659 bits per heavy atom. The predicted molar refractivity (Wildman–Crippen MR) is 171 cm³/mol. The lowest BCUT2D eigenvalue weighted by Crippen LogP contribution is -2.39. The van der Waals surface area contributed by atoms with E-state index in [0.29, 0.717) is 49.0 Å². The summed E-state index contributed by atoms with van der Waals surface area (Å²) in [6, 6.07) is 31.8. The van der Waals surface area contributed by atoms with Crippen molar-refractivity contribution < 1.29 is 9.47 Å². The molecular formula is C36H34N4O4. The van der Waals surface area contributed by atoms with E-state index in [4.69, 9.17) is 9.47 Å². The number of aryl methyl sites for hydroxylation is 2. The summed E-state index contributed by atoms with van der Waals surface area (Å²) in [5.41, 5.74) is 6.22. The third-order valence-electron chi connectivity index (χ3n) is 7.85. The third-order valence-corrected chi connectivity index (χ3v) is 7.85. The topological polar surface area (TPSA) is 80.3 Å². The van der Waals surface area contributed by atoms with Crippen molar-refractivity contribution >= 4 is 11.2 Å². The molecule has 2 heterocycles. The van der Waals surface area contributed by atoms with E-state index in [2.05, 4.69) is 18.0 Å². The van der Waals surface area contributed by atoms with Crippen molar-refractivity contribution in [2.75, 3.05) is 0 Å². The molecule has 0 saturated carbocycles. The number of hydrogen-bond donors (Lipinski definition) is 0. The summed E-state index contributed by atoms with van der Waals surface area (Å²) in [7, 11) is 1.51. The minimum Gasteiger partial charge on any atom is -0.485 e. The summed E-state index contributed by atoms with van der Waals surface area (Å²) in [5.74, 6) is 1.23. The number of nitrogens with zero attached hydrogens (tertiary/aromatic N) is 4. The molecule has 2 aromatic heterocycles. The molecule has 0 bridgehead atoms. The van der Waals surface area contributed by atoms with E-state index in [1.54, 1.807) is 15.5 Å². The summed E-state index contributed by atoms with van der Waals surface area (Å²) >= 11 is 0. The zero-order valence-electron chi connectivity index (χ0n) is 25.1. The van der Waals surface area contributed by atoms with Gasteiger partial charge in [0.05, 0.1) is 12.9 Å². The predicted octanol–water partition coefficient (Wildman–Crippen LogP) is 5.77. The van der Waals surface area contributed by atoms with Crippen LogP contribution in [0.2, 0.25) is 0 Å². The van der Waals surface area contributed by atoms with E-state index in [1.807, 2.05) is 97.9 Å². The van der Waals surface area contributed by atoms with E-state index >= 15 is 0 Å². The van der Waals surface area contributed by atoms with Gasteiger partial charge in [-0.15, -0.1) is 0 Å². The summed E-state index contributed by atoms with van der Waals surface area (Å²) in [6.07, 6.45) is 1.62. The van der Waals surface area contributed by atoms with Gasteiger partial charge in [-0.2, -0.15) is 0 Å². The molecule has 44 heavy (non-hydrogen) atoms. The number of ether oxygens (including phenoxy) is 2. The maximum Gasteiger partial charge on any atom is 0.332 e. The second-order valence-corrected chi connectivity index (χ2v) is 11.0. The van der Waals surface area contributed by atoms with Gasteiger partial charge in [-0.25, -0.2) is 9.78 Å². The van der Waals surface area contributed by atoms with E-state index in [0.717, 1.165) is 32.4 Å². The largest absolute Gasteiger partial charge is 0.485 e. The molecule has 4 aromatic carbocycles. The molecule has 0 unspecified atom stereocenters. The minimum absolute atomic E-state index is 0.312. The molecule has 8 nitrogen and oxygen atoms in total. The highest BCUT2D eigenvalue weighted by molar-refractivity contribution is 5.70. The van der Waals surface area contributed by atoms with Crippen LogP contribution >= 0.6 is 0 Å². The molecule has 0 saturated heterocycles. The summed E-state index contributed by atoms with van der Waals surface area (Å²) in [6.45, 7) is 5.55. The Kier molecular flexibility index (Phi) is 8.14. The number of benzene rings is 4. The molecular weight excluding hydrogens is 552 g/mol. The van der Waals surface area contributed by atoms with Crippen LogP contribution in [0.25, 0.3) is 11.2 Å². The van der Waals surface area contributed by atoms with Crippen molar-refractivity contribution in [3.8, 4) is 11.5 Å². The molecule has 0 atom stereocenters. The second kappa shape index (κ2) is 12.5. The van der Waals surface area contributed by atoms with E-state index < -0.39 is 5.69 Å². The molecule has 0 aliphatic carbocycles. The van der Waals surface area contributed by atoms with Gasteiger partial charge < -0.3 is 14.0 Å². The van der Waals surface area contributed by atoms with Crippen molar-refractivity contribution in [3.63, 3.8) is 0 Å². The molecule has 6 rings (SSSR count). The number of fused-ring (bicyclic) bond motifs is 1. The van der Waals surface area contributed by atoms with Crippen LogP contribution in [0.4, 0.5) is 0 Å². The molecule has 0 amide bonds. The van der Waals surface area contributed by atoms with Crippen LogP contribution in [0.5, 0.6) is 11.5 Å². The first kappa shape index (κ1) is 28.7. The lowest BCUT2D eigenvalue weighted by atomic mass is 10.1. The van der Waals surface area contributed by atoms with Gasteiger partial charge >= 0.3 is 5.69 Å². The molecule has 6 aromatic rings. The Morgan fingerprint density at radius 2 is 1.27 bits per heavy atom. The van der Waals surface area contributed by atoms with Crippen LogP contribution in [-0.4, -0.2) is 18.7 Å². The van der Waals surface area contributed by atoms with Crippen LogP contribution in [0.1, 0.15) is 33.4 Å². The van der Waals surface area contributed by atoms with Gasteiger partial charge in [0.15, 0.2) is 22.7 Å². The first-order chi connectivity index (χ1) is 21.4. The number of hydrogen-bond acceptors (Lipinski definition) is 5. The Labute approximate surface area is 255 Å². The molecule has 222 valence electrons. The summed E-state index contributed by atoms with van der Waals surface area (Å²) in [4.78, 5) is 31.1. The first-order valence-electron chi connectivity index (χ1n) is 14.5. The number of imidazole rings is 1. The standard InChI is InChI=1S/C36H34N4O4/c1-25-14-15-29(18-26(25)2)21-40-34-33(35(41)38(3)36(40)42)39(24-37-34)20-30-16-17-31(43-22-27-10-6-4-7-11-27)32(19-30)44-23-28-12-8-5-9-13-28/h4-19,24H,20-23H2,1-3H3. The fraction of sp³-hybridized carbons (Fsp3) is 0.194. The zero-order chi connectivity index (χ0) is 30.6. The van der Waals surface area contributed by atoms with E-state index in [-0.39, 0.29) is 5.56 Å². The first-order valence-corrected chi connectivity index (χ1v) is 14.5. The smallest absolute Gasteiger partial charge is 0.332 e. The quantitative estimate of drug-likeness (QED) is 0.204. The lowest BCUT2D eigenvalue weighted by Gasteiger charge is -2.15. The lowest BCUT2D eigenvalue weighted by molar-refractivity contribution is 0.255. The summed E-state index contributed by atoms with van der Waals surface area (Å²) in [5, 5.41) is 0. The maximum atomic E-state index is 13.4. The fourth-order valence-corrected chi connectivity index (χ4v) is 5.20. The van der Waals surface area contributed by atoms with Crippen LogP contribution < -0.4 is 20.7 Å². The average Bonchev–Trinajstić information content (AvgIpc) is 3.46. The maximum absolute atomic E-state index is 13.4. The van der Waals surface area contributed by atoms with Crippen molar-refractivity contribution in [3.05, 3.63) is 158 Å². The summed E-state index contributed by atoms with van der Waals surface area (Å²) < 4.78 is 16.9. The SMILES string of the molecule is Cc1ccc(Cn2c(=O)n(C)c(=O)c3c2ncn3Cc2ccc(OCc3ccccc3)c(OCc3ccccc3)c2)cc1C. The zero-order valence-corrected chi connectivity index (χ0v) is 25.1. The van der Waals surface area contributed by atoms with Gasteiger partial charge in [0.2, 0.25) is 0 Å². The van der Waals surface area contributed by atoms with Crippen LogP contribution in [0.15, 0.2) is 113 Å². The van der Waals surface area contributed by atoms with E-state index in [9.17, 15) is 9.59 Å². The number of aromatic nitrogens is 4. The third kappa shape index (κ3) is 6.06. The van der Waals surface area contributed by atoms with Gasteiger partial charge in [-0.05, 0) is 59.4 Å². The highest BCUT2D eigenvalue weighted by Gasteiger charge is 2.18. The minimum atomic E-state index is -0.400. The van der Waals surface area contributed by atoms with Gasteiger partial charge in [0, 0.05) is 13.6 Å². The van der Waals surface area contributed by atoms with Gasteiger partial charge in [0.1, 0.15) is 13.2 Å². The van der Waals surface area contributed by atoms with Crippen LogP contribution in [0.3, 0.4) is 0 Å². The van der Waals surface area contributed by atoms with Crippen molar-refractivity contribution in [1.29, 1.82) is 0 Å². The molecule has 8 heteroatoms. The van der Waals surface area contributed by atoms with Gasteiger partial charge in [-0.1, -0.05) is 84.9 Å². The Bertz CT molecular complexity index is 2040. The second-order valence-electron chi connectivity index (χ2n) is 11.0. The molecule has 0 N–H and O–H groups in total. The van der Waals surface area contributed by atoms with Crippen molar-refractivity contribution in [2.24, 2.45) is 7.05 Å². The molecule has 0 fully saturated rings. The number of rotatable bonds is 10. The van der Waals surface area contributed by atoms with Crippen LogP contribution in [-0.2, 0) is 33.4 Å². The molecule has 0 radical (unpaired) electrons. The highest BCUT2D eigenvalue weighted by Crippen LogP contribution is 2.31. The molecule has 0 aliphatic rings. The van der Waals surface area contributed by atoms with Gasteiger partial charge in [0.25, 0.3) is 5.56 Å². The molecule has 0 spiro atoms. The van der Waals surface area contributed by atoms with Crippen molar-refractivity contribution in [1.82, 2.24) is 18.7 Å². The fourth-order valence-electron chi connectivity index (χ4n) is 5.20.